The third-order valence-electron chi connectivity index (χ3n) is 2.85. The van der Waals surface area contributed by atoms with E-state index >= 15 is 0 Å². The molecule has 1 unspecified atom stereocenters. The van der Waals surface area contributed by atoms with Crippen LogP contribution in [0.3, 0.4) is 0 Å². The van der Waals surface area contributed by atoms with Gasteiger partial charge in [-0.1, -0.05) is 11.6 Å². The molecule has 1 aliphatic heterocycles. The van der Waals surface area contributed by atoms with Crippen molar-refractivity contribution in [2.45, 2.75) is 12.5 Å². The number of benzene rings is 1. The van der Waals surface area contributed by atoms with E-state index in [0.717, 1.165) is 5.56 Å². The van der Waals surface area contributed by atoms with Crippen LogP contribution >= 0.6 is 11.6 Å². The van der Waals surface area contributed by atoms with Crippen molar-refractivity contribution >= 4 is 23.5 Å². The minimum absolute atomic E-state index is 0.287. The highest BCUT2D eigenvalue weighted by atomic mass is 35.5. The fourth-order valence-corrected chi connectivity index (χ4v) is 2.12. The molecule has 2 heterocycles. The predicted octanol–water partition coefficient (Wildman–Crippen LogP) is 1.58. The van der Waals surface area contributed by atoms with Gasteiger partial charge in [0, 0.05) is 23.8 Å². The van der Waals surface area contributed by atoms with Gasteiger partial charge < -0.3 is 4.74 Å². The number of amides is 1. The van der Waals surface area contributed by atoms with Crippen LogP contribution in [0.4, 0.5) is 5.95 Å². The fraction of sp³-hybridized carbons (Fsp3) is 0.154. The average Bonchev–Trinajstić information content (AvgIpc) is 2.89. The molecule has 7 heteroatoms. The molecular formula is C13H11ClN4O2. The molecule has 6 nitrogen and oxygen atoms in total. The smallest absolute Gasteiger partial charge is 0.279 e. The minimum Gasteiger partial charge on any atom is -0.480 e. The van der Waals surface area contributed by atoms with Gasteiger partial charge in [0.2, 0.25) is 5.95 Å². The zero-order chi connectivity index (χ0) is 13.9. The summed E-state index contributed by atoms with van der Waals surface area (Å²) in [6.45, 7) is 0. The fourth-order valence-electron chi connectivity index (χ4n) is 1.93. The van der Waals surface area contributed by atoms with Gasteiger partial charge in [-0.2, -0.15) is 0 Å². The third kappa shape index (κ3) is 2.65. The number of carbonyl (C=O) groups is 1. The van der Waals surface area contributed by atoms with Crippen LogP contribution in [-0.2, 0) is 11.2 Å². The van der Waals surface area contributed by atoms with E-state index < -0.39 is 6.10 Å². The van der Waals surface area contributed by atoms with Crippen LogP contribution in [0.25, 0.3) is 0 Å². The van der Waals surface area contributed by atoms with Crippen molar-refractivity contribution in [3.63, 3.8) is 0 Å². The standard InChI is InChI=1S/C13H11ClN4O2/c14-9-2-3-10-8(6-9)7-11(20-10)12(19)17-18-13-15-4-1-5-16-13/h1-6,11H,7H2,(H,17,19)(H,15,16,18). The van der Waals surface area contributed by atoms with Gasteiger partial charge in [-0.05, 0) is 29.8 Å². The number of rotatable bonds is 3. The first kappa shape index (κ1) is 12.7. The monoisotopic (exact) mass is 290 g/mol. The van der Waals surface area contributed by atoms with Crippen LogP contribution in [0.15, 0.2) is 36.7 Å². The summed E-state index contributed by atoms with van der Waals surface area (Å²) in [5, 5.41) is 0.629. The van der Waals surface area contributed by atoms with E-state index in [1.54, 1.807) is 36.7 Å². The number of nitrogens with zero attached hydrogens (tertiary/aromatic N) is 2. The lowest BCUT2D eigenvalue weighted by atomic mass is 10.1. The number of carbonyl (C=O) groups excluding carboxylic acids is 1. The number of anilines is 1. The molecule has 0 saturated carbocycles. The molecule has 1 atom stereocenters. The average molecular weight is 291 g/mol. The van der Waals surface area contributed by atoms with Crippen LogP contribution in [0.2, 0.25) is 5.02 Å². The van der Waals surface area contributed by atoms with Gasteiger partial charge in [0.15, 0.2) is 6.10 Å². The van der Waals surface area contributed by atoms with Crippen molar-refractivity contribution in [2.24, 2.45) is 0 Å². The topological polar surface area (TPSA) is 76.1 Å². The summed E-state index contributed by atoms with van der Waals surface area (Å²) in [4.78, 5) is 19.9. The normalized spacial score (nSPS) is 16.1. The number of aromatic nitrogens is 2. The van der Waals surface area contributed by atoms with E-state index in [-0.39, 0.29) is 5.91 Å². The maximum Gasteiger partial charge on any atom is 0.279 e. The molecule has 0 spiro atoms. The summed E-state index contributed by atoms with van der Waals surface area (Å²) in [7, 11) is 0. The summed E-state index contributed by atoms with van der Waals surface area (Å²) >= 11 is 5.91. The quantitative estimate of drug-likeness (QED) is 0.839. The molecule has 0 fully saturated rings. The number of ether oxygens (including phenoxy) is 1. The molecule has 1 amide bonds. The van der Waals surface area contributed by atoms with Crippen molar-refractivity contribution in [2.75, 3.05) is 5.43 Å². The second-order valence-electron chi connectivity index (χ2n) is 4.25. The third-order valence-corrected chi connectivity index (χ3v) is 3.09. The highest BCUT2D eigenvalue weighted by molar-refractivity contribution is 6.30. The Morgan fingerprint density at radius 3 is 2.95 bits per heavy atom. The minimum atomic E-state index is -0.584. The van der Waals surface area contributed by atoms with Crippen molar-refractivity contribution in [1.82, 2.24) is 15.4 Å². The lowest BCUT2D eigenvalue weighted by molar-refractivity contribution is -0.126. The van der Waals surface area contributed by atoms with Crippen molar-refractivity contribution in [3.05, 3.63) is 47.2 Å². The molecule has 3 rings (SSSR count). The van der Waals surface area contributed by atoms with Gasteiger partial charge in [0.1, 0.15) is 5.75 Å². The molecule has 1 aromatic heterocycles. The van der Waals surface area contributed by atoms with Gasteiger partial charge in [0.25, 0.3) is 5.91 Å². The second kappa shape index (κ2) is 5.34. The van der Waals surface area contributed by atoms with E-state index in [1.807, 2.05) is 0 Å². The number of hydrogen-bond donors (Lipinski definition) is 2. The van der Waals surface area contributed by atoms with E-state index in [2.05, 4.69) is 20.8 Å². The Morgan fingerprint density at radius 1 is 1.35 bits per heavy atom. The van der Waals surface area contributed by atoms with Crippen LogP contribution in [-0.4, -0.2) is 22.0 Å². The first-order chi connectivity index (χ1) is 9.72. The molecule has 1 aliphatic rings. The zero-order valence-electron chi connectivity index (χ0n) is 10.3. The number of halogens is 1. The summed E-state index contributed by atoms with van der Waals surface area (Å²) < 4.78 is 5.56. The summed E-state index contributed by atoms with van der Waals surface area (Å²) in [5.41, 5.74) is 6.07. The lowest BCUT2D eigenvalue weighted by Crippen LogP contribution is -2.40. The summed E-state index contributed by atoms with van der Waals surface area (Å²) in [6, 6.07) is 6.99. The van der Waals surface area contributed by atoms with E-state index in [9.17, 15) is 4.79 Å². The van der Waals surface area contributed by atoms with Gasteiger partial charge in [-0.15, -0.1) is 0 Å². The Kier molecular flexibility index (Phi) is 3.39. The van der Waals surface area contributed by atoms with Crippen LogP contribution in [0.5, 0.6) is 5.75 Å². The number of nitrogens with one attached hydrogen (secondary N) is 2. The predicted molar refractivity (Wildman–Crippen MR) is 73.4 cm³/mol. The Bertz CT molecular complexity index is 636. The second-order valence-corrected chi connectivity index (χ2v) is 4.69. The van der Waals surface area contributed by atoms with E-state index in [0.29, 0.717) is 23.1 Å². The molecule has 2 N–H and O–H groups in total. The van der Waals surface area contributed by atoms with Gasteiger partial charge in [0.05, 0.1) is 0 Å². The Morgan fingerprint density at radius 2 is 2.15 bits per heavy atom. The molecule has 0 radical (unpaired) electrons. The molecule has 0 bridgehead atoms. The number of fused-ring (bicyclic) bond motifs is 1. The molecule has 0 saturated heterocycles. The first-order valence-electron chi connectivity index (χ1n) is 6.00. The molecule has 2 aromatic rings. The van der Waals surface area contributed by atoms with Crippen LogP contribution in [0, 0.1) is 0 Å². The molecule has 1 aromatic carbocycles. The maximum atomic E-state index is 12.0. The first-order valence-corrected chi connectivity index (χ1v) is 6.38. The maximum absolute atomic E-state index is 12.0. The van der Waals surface area contributed by atoms with Crippen LogP contribution < -0.4 is 15.6 Å². The Balaban J connectivity index is 1.60. The number of hydrazine groups is 1. The Hall–Kier alpha value is -2.34. The summed E-state index contributed by atoms with van der Waals surface area (Å²) in [5.74, 6) is 0.717. The van der Waals surface area contributed by atoms with Crippen molar-refractivity contribution in [3.8, 4) is 5.75 Å². The molecule has 20 heavy (non-hydrogen) atoms. The summed E-state index contributed by atoms with van der Waals surface area (Å²) in [6.07, 6.45) is 3.05. The zero-order valence-corrected chi connectivity index (χ0v) is 11.1. The van der Waals surface area contributed by atoms with Crippen molar-refractivity contribution < 1.29 is 9.53 Å². The largest absolute Gasteiger partial charge is 0.480 e. The van der Waals surface area contributed by atoms with Crippen LogP contribution in [0.1, 0.15) is 5.56 Å². The van der Waals surface area contributed by atoms with Crippen molar-refractivity contribution in [1.29, 1.82) is 0 Å². The highest BCUT2D eigenvalue weighted by Gasteiger charge is 2.29. The van der Waals surface area contributed by atoms with Gasteiger partial charge in [-0.3, -0.25) is 15.6 Å². The van der Waals surface area contributed by atoms with E-state index in [4.69, 9.17) is 16.3 Å². The lowest BCUT2D eigenvalue weighted by Gasteiger charge is -2.11. The number of hydrogen-bond acceptors (Lipinski definition) is 5. The molecule has 102 valence electrons. The van der Waals surface area contributed by atoms with Gasteiger partial charge >= 0.3 is 0 Å². The molecule has 0 aliphatic carbocycles. The Labute approximate surface area is 120 Å². The van der Waals surface area contributed by atoms with E-state index in [1.165, 1.54) is 0 Å². The highest BCUT2D eigenvalue weighted by Crippen LogP contribution is 2.31. The molecular weight excluding hydrogens is 280 g/mol. The SMILES string of the molecule is O=C(NNc1ncccn1)C1Cc2cc(Cl)ccc2O1. The van der Waals surface area contributed by atoms with Gasteiger partial charge in [-0.25, -0.2) is 9.97 Å².